The molecule has 6 heteroatoms. The minimum absolute atomic E-state index is 0.154. The molecule has 2 aromatic heterocycles. The van der Waals surface area contributed by atoms with Crippen LogP contribution >= 0.6 is 22.7 Å². The summed E-state index contributed by atoms with van der Waals surface area (Å²) in [6.07, 6.45) is 0.871. The zero-order valence-corrected chi connectivity index (χ0v) is 13.0. The van der Waals surface area contributed by atoms with Crippen LogP contribution in [-0.2, 0) is 6.42 Å². The topological polar surface area (TPSA) is 68.0 Å². The molecule has 0 atom stereocenters. The Balaban J connectivity index is 2.09. The zero-order chi connectivity index (χ0) is 14.5. The number of thiazole rings is 1. The van der Waals surface area contributed by atoms with Gasteiger partial charge in [0.2, 0.25) is 0 Å². The predicted molar refractivity (Wildman–Crippen MR) is 84.4 cm³/mol. The van der Waals surface area contributed by atoms with Crippen LogP contribution in [0.4, 0.5) is 5.13 Å². The maximum atomic E-state index is 12.1. The van der Waals surface area contributed by atoms with Gasteiger partial charge in [0.1, 0.15) is 0 Å². The van der Waals surface area contributed by atoms with Crippen molar-refractivity contribution in [1.29, 1.82) is 0 Å². The van der Waals surface area contributed by atoms with Gasteiger partial charge in [0, 0.05) is 10.3 Å². The zero-order valence-electron chi connectivity index (χ0n) is 11.3. The molecule has 2 aromatic rings. The number of hydrogen-bond acceptors (Lipinski definition) is 5. The van der Waals surface area contributed by atoms with Crippen molar-refractivity contribution in [3.05, 3.63) is 32.5 Å². The Morgan fingerprint density at radius 3 is 3.00 bits per heavy atom. The van der Waals surface area contributed by atoms with Gasteiger partial charge in [-0.05, 0) is 19.4 Å². The van der Waals surface area contributed by atoms with Gasteiger partial charge in [-0.25, -0.2) is 4.98 Å². The summed E-state index contributed by atoms with van der Waals surface area (Å²) in [6, 6.07) is 1.77. The third kappa shape index (κ3) is 3.45. The van der Waals surface area contributed by atoms with Crippen LogP contribution in [0.1, 0.15) is 32.7 Å². The fourth-order valence-electron chi connectivity index (χ4n) is 1.64. The summed E-state index contributed by atoms with van der Waals surface area (Å²) >= 11 is 2.93. The number of rotatable bonds is 3. The summed E-state index contributed by atoms with van der Waals surface area (Å²) < 4.78 is 0. The molecule has 0 aromatic carbocycles. The molecule has 0 aliphatic carbocycles. The van der Waals surface area contributed by atoms with Crippen molar-refractivity contribution in [3.8, 4) is 11.8 Å². The number of nitrogens with two attached hydrogens (primary N) is 1. The van der Waals surface area contributed by atoms with Gasteiger partial charge in [0.15, 0.2) is 5.13 Å². The molecule has 0 bridgehead atoms. The van der Waals surface area contributed by atoms with E-state index >= 15 is 0 Å². The smallest absolute Gasteiger partial charge is 0.258 e. The van der Waals surface area contributed by atoms with Crippen LogP contribution in [-0.4, -0.2) is 17.4 Å². The Kier molecular flexibility index (Phi) is 4.90. The van der Waals surface area contributed by atoms with Gasteiger partial charge in [0.05, 0.1) is 22.7 Å². The van der Waals surface area contributed by atoms with E-state index in [1.165, 1.54) is 22.7 Å². The molecule has 0 fully saturated rings. The largest absolute Gasteiger partial charge is 0.320 e. The highest BCUT2D eigenvalue weighted by molar-refractivity contribution is 7.15. The Morgan fingerprint density at radius 1 is 1.55 bits per heavy atom. The number of nitrogens with zero attached hydrogens (tertiary/aromatic N) is 1. The maximum absolute atomic E-state index is 12.1. The number of amides is 1. The molecule has 3 N–H and O–H groups in total. The molecule has 0 saturated heterocycles. The van der Waals surface area contributed by atoms with Crippen LogP contribution in [0.15, 0.2) is 11.4 Å². The molecule has 1 amide bonds. The molecular formula is C14H15N3OS2. The van der Waals surface area contributed by atoms with Crippen molar-refractivity contribution >= 4 is 33.7 Å². The lowest BCUT2D eigenvalue weighted by molar-refractivity contribution is 0.102. The van der Waals surface area contributed by atoms with Crippen LogP contribution in [0.3, 0.4) is 0 Å². The Hall–Kier alpha value is -1.68. The monoisotopic (exact) mass is 305 g/mol. The van der Waals surface area contributed by atoms with Gasteiger partial charge in [-0.1, -0.05) is 18.8 Å². The standard InChI is InChI=1S/C14H15N3OS2/c1-3-12-9(2)20-14(16-12)17-13(18)10-7-11(19-8-10)5-4-6-15/h7-8H,3,6,15H2,1-2H3,(H,16,17,18). The molecule has 104 valence electrons. The molecule has 0 spiro atoms. The van der Waals surface area contributed by atoms with E-state index in [1.807, 2.05) is 6.92 Å². The average molecular weight is 305 g/mol. The molecule has 0 radical (unpaired) electrons. The SMILES string of the molecule is CCc1nc(NC(=O)c2csc(C#CCN)c2)sc1C. The van der Waals surface area contributed by atoms with E-state index in [1.54, 1.807) is 11.4 Å². The molecule has 2 rings (SSSR count). The lowest BCUT2D eigenvalue weighted by Crippen LogP contribution is -2.10. The normalized spacial score (nSPS) is 9.95. The van der Waals surface area contributed by atoms with Crippen molar-refractivity contribution in [2.75, 3.05) is 11.9 Å². The van der Waals surface area contributed by atoms with Crippen molar-refractivity contribution in [3.63, 3.8) is 0 Å². The minimum atomic E-state index is -0.154. The molecular weight excluding hydrogens is 290 g/mol. The first-order chi connectivity index (χ1) is 9.63. The summed E-state index contributed by atoms with van der Waals surface area (Å²) in [5.41, 5.74) is 6.95. The van der Waals surface area contributed by atoms with Crippen LogP contribution < -0.4 is 11.1 Å². The molecule has 0 aliphatic rings. The molecule has 4 nitrogen and oxygen atoms in total. The van der Waals surface area contributed by atoms with Crippen molar-refractivity contribution in [1.82, 2.24) is 4.98 Å². The van der Waals surface area contributed by atoms with Crippen LogP contribution in [0, 0.1) is 18.8 Å². The lowest BCUT2D eigenvalue weighted by atomic mass is 10.3. The van der Waals surface area contributed by atoms with Crippen LogP contribution in [0.25, 0.3) is 0 Å². The van der Waals surface area contributed by atoms with E-state index in [-0.39, 0.29) is 5.91 Å². The van der Waals surface area contributed by atoms with Gasteiger partial charge in [0.25, 0.3) is 5.91 Å². The Bertz CT molecular complexity index is 676. The first kappa shape index (κ1) is 14.7. The van der Waals surface area contributed by atoms with Crippen LogP contribution in [0.2, 0.25) is 0 Å². The predicted octanol–water partition coefficient (Wildman–Crippen LogP) is 2.64. The maximum Gasteiger partial charge on any atom is 0.258 e. The number of thiophene rings is 1. The third-order valence-electron chi connectivity index (χ3n) is 2.62. The summed E-state index contributed by atoms with van der Waals surface area (Å²) in [4.78, 5) is 18.5. The van der Waals surface area contributed by atoms with Crippen molar-refractivity contribution in [2.45, 2.75) is 20.3 Å². The Labute approximate surface area is 126 Å². The minimum Gasteiger partial charge on any atom is -0.320 e. The van der Waals surface area contributed by atoms with Crippen molar-refractivity contribution < 1.29 is 4.79 Å². The van der Waals surface area contributed by atoms with E-state index < -0.39 is 0 Å². The first-order valence-electron chi connectivity index (χ1n) is 6.19. The summed E-state index contributed by atoms with van der Waals surface area (Å²) in [7, 11) is 0. The van der Waals surface area contributed by atoms with E-state index in [0.29, 0.717) is 17.2 Å². The lowest BCUT2D eigenvalue weighted by Gasteiger charge is -1.97. The van der Waals surface area contributed by atoms with Gasteiger partial charge in [-0.2, -0.15) is 0 Å². The molecule has 0 unspecified atom stereocenters. The molecule has 0 saturated carbocycles. The number of carbonyl (C=O) groups is 1. The second kappa shape index (κ2) is 6.66. The second-order valence-electron chi connectivity index (χ2n) is 4.04. The van der Waals surface area contributed by atoms with E-state index in [0.717, 1.165) is 21.9 Å². The summed E-state index contributed by atoms with van der Waals surface area (Å²) in [6.45, 7) is 4.38. The molecule has 0 aliphatic heterocycles. The first-order valence-corrected chi connectivity index (χ1v) is 7.88. The second-order valence-corrected chi connectivity index (χ2v) is 6.15. The van der Waals surface area contributed by atoms with Gasteiger partial charge in [-0.15, -0.1) is 22.7 Å². The van der Waals surface area contributed by atoms with Gasteiger partial charge >= 0.3 is 0 Å². The average Bonchev–Trinajstić information content (AvgIpc) is 3.03. The highest BCUT2D eigenvalue weighted by Crippen LogP contribution is 2.23. The Morgan fingerprint density at radius 2 is 2.35 bits per heavy atom. The number of aryl methyl sites for hydroxylation is 2. The quantitative estimate of drug-likeness (QED) is 0.857. The fourth-order valence-corrected chi connectivity index (χ4v) is 3.29. The van der Waals surface area contributed by atoms with Crippen LogP contribution in [0.5, 0.6) is 0 Å². The van der Waals surface area contributed by atoms with Gasteiger partial charge < -0.3 is 5.73 Å². The number of hydrogen-bond donors (Lipinski definition) is 2. The number of nitrogens with one attached hydrogen (secondary N) is 1. The van der Waals surface area contributed by atoms with E-state index in [9.17, 15) is 4.79 Å². The molecule has 20 heavy (non-hydrogen) atoms. The highest BCUT2D eigenvalue weighted by atomic mass is 32.1. The summed E-state index contributed by atoms with van der Waals surface area (Å²) in [5, 5.41) is 5.26. The molecule has 2 heterocycles. The fraction of sp³-hybridized carbons (Fsp3) is 0.286. The number of carbonyl (C=O) groups excluding carboxylic acids is 1. The number of aromatic nitrogens is 1. The van der Waals surface area contributed by atoms with E-state index in [4.69, 9.17) is 5.73 Å². The van der Waals surface area contributed by atoms with Gasteiger partial charge in [-0.3, -0.25) is 10.1 Å². The van der Waals surface area contributed by atoms with E-state index in [2.05, 4.69) is 29.1 Å². The highest BCUT2D eigenvalue weighted by Gasteiger charge is 2.12. The summed E-state index contributed by atoms with van der Waals surface area (Å²) in [5.74, 6) is 5.53. The third-order valence-corrected chi connectivity index (χ3v) is 4.40. The number of anilines is 1. The van der Waals surface area contributed by atoms with Crippen molar-refractivity contribution in [2.24, 2.45) is 5.73 Å².